The topological polar surface area (TPSA) is 321 Å². The Labute approximate surface area is 251 Å². The van der Waals surface area contributed by atoms with Crippen LogP contribution in [0.5, 0.6) is 0 Å². The van der Waals surface area contributed by atoms with E-state index in [1.165, 1.54) is 12.3 Å². The number of phosphoric ester groups is 2. The number of phosphoric acid groups is 2. The molecule has 0 aromatic heterocycles. The number of nitrogens with zero attached hydrogens (tertiary/aromatic N) is 1. The highest BCUT2D eigenvalue weighted by atomic mass is 31.3. The summed E-state index contributed by atoms with van der Waals surface area (Å²) >= 11 is 0. The molecule has 0 aromatic rings. The third kappa shape index (κ3) is 9.69. The third-order valence-electron chi connectivity index (χ3n) is 6.72. The molecule has 254 valence electrons. The molecule has 44 heavy (non-hydrogen) atoms. The number of nitrogens with two attached hydrogens (primary N) is 1. The summed E-state index contributed by atoms with van der Waals surface area (Å²) in [6.45, 7) is -1.27. The van der Waals surface area contributed by atoms with Crippen LogP contribution in [-0.4, -0.2) is 140 Å². The number of unbranched alkanes of at least 4 members (excludes halogenated alkanes) is 1. The number of aliphatic hydroxyl groups excluding tert-OH is 5. The van der Waals surface area contributed by atoms with Crippen LogP contribution >= 0.6 is 15.6 Å². The average molecular weight is 680 g/mol. The van der Waals surface area contributed by atoms with E-state index in [9.17, 15) is 54.0 Å². The van der Waals surface area contributed by atoms with E-state index in [4.69, 9.17) is 19.7 Å². The Balaban J connectivity index is 1.62. The number of ether oxygens (including phenoxy) is 2. The van der Waals surface area contributed by atoms with E-state index < -0.39 is 102 Å². The molecule has 3 rings (SSSR count). The van der Waals surface area contributed by atoms with Crippen molar-refractivity contribution in [3.8, 4) is 0 Å². The molecule has 2 fully saturated rings. The minimum Gasteiger partial charge on any atom is -0.394 e. The molecule has 12 N–H and O–H groups in total. The number of aliphatic hydroxyl groups is 5. The van der Waals surface area contributed by atoms with Crippen LogP contribution < -0.4 is 21.7 Å². The summed E-state index contributed by atoms with van der Waals surface area (Å²) < 4.78 is 49.5. The predicted octanol–water partition coefficient (Wildman–Crippen LogP) is -4.18. The molecule has 0 aromatic carbocycles. The van der Waals surface area contributed by atoms with Gasteiger partial charge in [-0.15, -0.1) is 0 Å². The van der Waals surface area contributed by atoms with Crippen LogP contribution in [-0.2, 0) is 36.8 Å². The first-order valence-electron chi connectivity index (χ1n) is 13.4. The van der Waals surface area contributed by atoms with Gasteiger partial charge in [0, 0.05) is 12.6 Å². The summed E-state index contributed by atoms with van der Waals surface area (Å²) in [5.74, 6) is -0.655. The Morgan fingerprint density at radius 3 is 2.39 bits per heavy atom. The maximum Gasteiger partial charge on any atom is 0.483 e. The van der Waals surface area contributed by atoms with Gasteiger partial charge >= 0.3 is 21.7 Å². The minimum absolute atomic E-state index is 0.0407. The number of hydrogen-bond donors (Lipinski definition) is 11. The van der Waals surface area contributed by atoms with Gasteiger partial charge in [-0.1, -0.05) is 0 Å². The molecule has 9 unspecified atom stereocenters. The van der Waals surface area contributed by atoms with E-state index in [1.807, 2.05) is 0 Å². The van der Waals surface area contributed by atoms with Crippen LogP contribution in [0.1, 0.15) is 19.3 Å². The maximum atomic E-state index is 12.7. The van der Waals surface area contributed by atoms with Gasteiger partial charge in [0.2, 0.25) is 5.91 Å². The number of urea groups is 1. The largest absolute Gasteiger partial charge is 0.483 e. The van der Waals surface area contributed by atoms with E-state index in [-0.39, 0.29) is 6.42 Å². The average Bonchev–Trinajstić information content (AvgIpc) is 3.22. The Kier molecular flexibility index (Phi) is 13.2. The van der Waals surface area contributed by atoms with Crippen LogP contribution in [0.4, 0.5) is 4.79 Å². The van der Waals surface area contributed by atoms with Gasteiger partial charge in [0.25, 0.3) is 0 Å². The second-order valence-electron chi connectivity index (χ2n) is 10.1. The smallest absolute Gasteiger partial charge is 0.394 e. The molecule has 0 spiro atoms. The molecule has 3 aliphatic rings. The minimum atomic E-state index is -5.65. The molecule has 0 saturated carbocycles. The van der Waals surface area contributed by atoms with Gasteiger partial charge in [0.05, 0.1) is 19.4 Å². The Morgan fingerprint density at radius 1 is 1.07 bits per heavy atom. The van der Waals surface area contributed by atoms with Crippen molar-refractivity contribution >= 4 is 27.6 Å². The van der Waals surface area contributed by atoms with Crippen LogP contribution in [0.2, 0.25) is 0 Å². The fraction of sp³-hybridized carbons (Fsp3) is 0.810. The van der Waals surface area contributed by atoms with Gasteiger partial charge in [0.1, 0.15) is 42.7 Å². The lowest BCUT2D eigenvalue weighted by Crippen LogP contribution is -2.64. The van der Waals surface area contributed by atoms with Crippen molar-refractivity contribution in [2.45, 2.75) is 80.6 Å². The van der Waals surface area contributed by atoms with E-state index in [2.05, 4.69) is 24.8 Å². The Hall–Kier alpha value is -1.62. The van der Waals surface area contributed by atoms with E-state index in [0.29, 0.717) is 19.4 Å². The van der Waals surface area contributed by atoms with Crippen molar-refractivity contribution in [3.63, 3.8) is 0 Å². The first-order valence-corrected chi connectivity index (χ1v) is 16.4. The molecule has 21 nitrogen and oxygen atoms in total. The lowest BCUT2D eigenvalue weighted by atomic mass is 9.97. The molecule has 3 heterocycles. The molecule has 2 saturated heterocycles. The molecule has 3 amide bonds. The molecule has 12 atom stereocenters. The van der Waals surface area contributed by atoms with Gasteiger partial charge in [-0.3, -0.25) is 18.7 Å². The second-order valence-corrected chi connectivity index (χ2v) is 13.0. The molecule has 23 heteroatoms. The third-order valence-corrected chi connectivity index (χ3v) is 9.33. The lowest BCUT2D eigenvalue weighted by Gasteiger charge is -2.42. The molecular formula is C21H39N5O16P2. The first-order chi connectivity index (χ1) is 20.6. The zero-order valence-electron chi connectivity index (χ0n) is 23.4. The van der Waals surface area contributed by atoms with Crippen LogP contribution in [0.3, 0.4) is 0 Å². The first kappa shape index (κ1) is 36.8. The summed E-state index contributed by atoms with van der Waals surface area (Å²) in [4.78, 5) is 45.7. The molecule has 3 aliphatic heterocycles. The highest BCUT2D eigenvalue weighted by Gasteiger charge is 2.51. The number of rotatable bonds is 15. The fourth-order valence-corrected chi connectivity index (χ4v) is 6.62. The maximum absolute atomic E-state index is 12.7. The highest BCUT2D eigenvalue weighted by Crippen LogP contribution is 2.61. The highest BCUT2D eigenvalue weighted by molar-refractivity contribution is 7.61. The quantitative estimate of drug-likeness (QED) is 0.0577. The van der Waals surface area contributed by atoms with E-state index in [0.717, 1.165) is 4.90 Å². The Morgan fingerprint density at radius 2 is 1.75 bits per heavy atom. The van der Waals surface area contributed by atoms with Crippen molar-refractivity contribution in [2.24, 2.45) is 5.73 Å². The zero-order valence-corrected chi connectivity index (χ0v) is 25.2. The standard InChI is InChI=1S/C21H39N5O16P2/c1-23-6-3-2-4-13(28)25-14-17(31)15(29)10(8-27)40-20(14)41-44(36,37)42-43(34,35)38-9-11-16(30)18(32)19(39-11)26-7-5-12(22)24-21(26)33/h5,7,10-12,14-20,23,27,29-32H,2-4,6,8-9,22H2,1H3,(H,24,33)(H,25,28)(H,34,35)(H,36,37)/t10?,11?,12?,14?,15-,16?,17+,18?,19?,20+/m0/s1. The Bertz CT molecular complexity index is 1120. The predicted molar refractivity (Wildman–Crippen MR) is 143 cm³/mol. The summed E-state index contributed by atoms with van der Waals surface area (Å²) in [5.41, 5.74) is 5.56. The normalized spacial score (nSPS) is 36.8. The number of carbonyl (C=O) groups is 2. The van der Waals surface area contributed by atoms with Crippen LogP contribution in [0.15, 0.2) is 12.3 Å². The van der Waals surface area contributed by atoms with Gasteiger partial charge in [-0.25, -0.2) is 13.9 Å². The van der Waals surface area contributed by atoms with Crippen LogP contribution in [0.25, 0.3) is 0 Å². The van der Waals surface area contributed by atoms with Crippen LogP contribution in [0, 0.1) is 0 Å². The van der Waals surface area contributed by atoms with E-state index in [1.54, 1.807) is 7.05 Å². The molecular weight excluding hydrogens is 640 g/mol. The molecule has 0 bridgehead atoms. The van der Waals surface area contributed by atoms with E-state index >= 15 is 0 Å². The van der Waals surface area contributed by atoms with Gasteiger partial charge in [-0.05, 0) is 32.5 Å². The summed E-state index contributed by atoms with van der Waals surface area (Å²) in [7, 11) is -9.44. The number of amides is 3. The SMILES string of the molecule is CNCCCCC(=O)NC1[C@@H](OP(=O)(O)OP(=O)(O)OCC2OC(N3C=CC(N)NC3=O)C(O)C2O)OC(CO)[C@H](O)[C@@H]1O. The van der Waals surface area contributed by atoms with Crippen molar-refractivity contribution in [1.29, 1.82) is 0 Å². The number of hydrogen-bond acceptors (Lipinski definition) is 16. The van der Waals surface area contributed by atoms with Gasteiger partial charge < -0.3 is 66.5 Å². The van der Waals surface area contributed by atoms with Crippen molar-refractivity contribution in [2.75, 3.05) is 26.8 Å². The summed E-state index contributed by atoms with van der Waals surface area (Å²) in [6.07, 6.45) is -11.0. The fourth-order valence-electron chi connectivity index (χ4n) is 4.46. The monoisotopic (exact) mass is 679 g/mol. The number of carbonyl (C=O) groups excluding carboxylic acids is 2. The molecule has 0 aliphatic carbocycles. The lowest BCUT2D eigenvalue weighted by molar-refractivity contribution is -0.248. The molecule has 0 radical (unpaired) electrons. The van der Waals surface area contributed by atoms with Gasteiger partial charge in [0.15, 0.2) is 12.5 Å². The van der Waals surface area contributed by atoms with Crippen molar-refractivity contribution < 1.29 is 76.9 Å². The summed E-state index contributed by atoms with van der Waals surface area (Å²) in [5, 5.41) is 58.3. The van der Waals surface area contributed by atoms with Crippen molar-refractivity contribution in [1.82, 2.24) is 20.9 Å². The zero-order chi connectivity index (χ0) is 32.8. The summed E-state index contributed by atoms with van der Waals surface area (Å²) in [6, 6.07) is -2.47. The van der Waals surface area contributed by atoms with Crippen molar-refractivity contribution in [3.05, 3.63) is 12.3 Å². The number of nitrogens with one attached hydrogen (secondary N) is 3. The van der Waals surface area contributed by atoms with Gasteiger partial charge in [-0.2, -0.15) is 4.31 Å². The second kappa shape index (κ2) is 15.8.